The van der Waals surface area contributed by atoms with Crippen LogP contribution in [-0.2, 0) is 17.6 Å². The number of carboxylic acid groups (broad SMARTS) is 1. The molecule has 29 heavy (non-hydrogen) atoms. The summed E-state index contributed by atoms with van der Waals surface area (Å²) in [6, 6.07) is 4.86. The first-order valence-electron chi connectivity index (χ1n) is 10.1. The van der Waals surface area contributed by atoms with Gasteiger partial charge in [0.25, 0.3) is 5.91 Å². The lowest BCUT2D eigenvalue weighted by Crippen LogP contribution is -2.40. The quantitative estimate of drug-likeness (QED) is 0.855. The third kappa shape index (κ3) is 3.03. The molecule has 0 spiro atoms. The number of hydrogen-bond acceptors (Lipinski definition) is 3. The van der Waals surface area contributed by atoms with Gasteiger partial charge in [-0.3, -0.25) is 9.59 Å². The van der Waals surface area contributed by atoms with E-state index in [9.17, 15) is 19.1 Å². The lowest BCUT2D eigenvalue weighted by Gasteiger charge is -2.28. The van der Waals surface area contributed by atoms with Gasteiger partial charge in [-0.25, -0.2) is 9.07 Å². The van der Waals surface area contributed by atoms with E-state index >= 15 is 0 Å². The lowest BCUT2D eigenvalue weighted by atomic mass is 9.76. The van der Waals surface area contributed by atoms with Crippen molar-refractivity contribution in [2.24, 2.45) is 11.3 Å². The maximum atomic E-state index is 14.5. The third-order valence-electron chi connectivity index (χ3n) is 6.58. The SMILES string of the molecule is Cc1ccc(F)c(-n2nc(C(=O)N3CCC(C(=O)O)(C(C)C)C3)c3c2CCC3)c1. The molecule has 1 unspecified atom stereocenters. The summed E-state index contributed by atoms with van der Waals surface area (Å²) in [5.41, 5.74) is 2.43. The monoisotopic (exact) mass is 399 g/mol. The maximum Gasteiger partial charge on any atom is 0.311 e. The van der Waals surface area contributed by atoms with Gasteiger partial charge < -0.3 is 10.0 Å². The van der Waals surface area contributed by atoms with Crippen LogP contribution in [0.2, 0.25) is 0 Å². The van der Waals surface area contributed by atoms with Crippen LogP contribution < -0.4 is 0 Å². The minimum atomic E-state index is -0.927. The predicted molar refractivity (Wildman–Crippen MR) is 106 cm³/mol. The third-order valence-corrected chi connectivity index (χ3v) is 6.58. The molecule has 4 rings (SSSR count). The van der Waals surface area contributed by atoms with Crippen molar-refractivity contribution >= 4 is 11.9 Å². The Bertz CT molecular complexity index is 997. The summed E-state index contributed by atoms with van der Waals surface area (Å²) in [7, 11) is 0. The summed E-state index contributed by atoms with van der Waals surface area (Å²) in [5, 5.41) is 14.3. The maximum absolute atomic E-state index is 14.5. The summed E-state index contributed by atoms with van der Waals surface area (Å²) in [5.74, 6) is -1.57. The van der Waals surface area contributed by atoms with Crippen molar-refractivity contribution in [2.45, 2.75) is 46.5 Å². The van der Waals surface area contributed by atoms with Gasteiger partial charge in [0.2, 0.25) is 0 Å². The molecule has 0 radical (unpaired) electrons. The van der Waals surface area contributed by atoms with Crippen molar-refractivity contribution < 1.29 is 19.1 Å². The second kappa shape index (κ2) is 6.97. The number of amides is 1. The fourth-order valence-electron chi connectivity index (χ4n) is 4.64. The van der Waals surface area contributed by atoms with Gasteiger partial charge in [0.05, 0.1) is 5.41 Å². The number of aryl methyl sites for hydroxylation is 1. The smallest absolute Gasteiger partial charge is 0.311 e. The van der Waals surface area contributed by atoms with E-state index in [4.69, 9.17) is 0 Å². The Morgan fingerprint density at radius 2 is 2.03 bits per heavy atom. The highest BCUT2D eigenvalue weighted by molar-refractivity contribution is 5.95. The summed E-state index contributed by atoms with van der Waals surface area (Å²) < 4.78 is 16.1. The number of likely N-dealkylation sites (tertiary alicyclic amines) is 1. The van der Waals surface area contributed by atoms with Gasteiger partial charge in [-0.05, 0) is 56.2 Å². The van der Waals surface area contributed by atoms with Gasteiger partial charge in [0.15, 0.2) is 5.69 Å². The van der Waals surface area contributed by atoms with Crippen molar-refractivity contribution in [2.75, 3.05) is 13.1 Å². The molecule has 1 N–H and O–H groups in total. The number of hydrogen-bond donors (Lipinski definition) is 1. The van der Waals surface area contributed by atoms with Crippen LogP contribution in [0.4, 0.5) is 4.39 Å². The van der Waals surface area contributed by atoms with Gasteiger partial charge >= 0.3 is 5.97 Å². The molecule has 1 atom stereocenters. The van der Waals surface area contributed by atoms with E-state index < -0.39 is 11.4 Å². The molecule has 2 aliphatic rings. The zero-order valence-corrected chi connectivity index (χ0v) is 17.0. The second-order valence-electron chi connectivity index (χ2n) is 8.59. The van der Waals surface area contributed by atoms with Crippen LogP contribution in [0.15, 0.2) is 18.2 Å². The van der Waals surface area contributed by atoms with E-state index in [0.717, 1.165) is 36.1 Å². The van der Waals surface area contributed by atoms with Crippen LogP contribution in [0.25, 0.3) is 5.69 Å². The molecule has 1 aliphatic carbocycles. The van der Waals surface area contributed by atoms with Crippen molar-refractivity contribution in [3.63, 3.8) is 0 Å². The number of fused-ring (bicyclic) bond motifs is 1. The first kappa shape index (κ1) is 19.6. The molecule has 1 saturated heterocycles. The largest absolute Gasteiger partial charge is 0.481 e. The zero-order chi connectivity index (χ0) is 20.9. The van der Waals surface area contributed by atoms with E-state index in [1.807, 2.05) is 20.8 Å². The van der Waals surface area contributed by atoms with E-state index in [-0.39, 0.29) is 24.2 Å². The number of benzene rings is 1. The summed E-state index contributed by atoms with van der Waals surface area (Å²) in [4.78, 5) is 26.8. The summed E-state index contributed by atoms with van der Waals surface area (Å²) in [6.07, 6.45) is 2.80. The highest BCUT2D eigenvalue weighted by atomic mass is 19.1. The van der Waals surface area contributed by atoms with Gasteiger partial charge in [0.1, 0.15) is 11.5 Å². The van der Waals surface area contributed by atoms with Crippen molar-refractivity contribution in [3.05, 3.63) is 46.5 Å². The molecule has 2 aromatic rings. The van der Waals surface area contributed by atoms with Crippen LogP contribution >= 0.6 is 0 Å². The average Bonchev–Trinajstić information content (AvgIpc) is 3.38. The molecule has 1 aliphatic heterocycles. The number of carbonyl (C=O) groups is 2. The van der Waals surface area contributed by atoms with Gasteiger partial charge in [0, 0.05) is 24.3 Å². The molecular formula is C22H26FN3O3. The van der Waals surface area contributed by atoms with Crippen LogP contribution in [0.1, 0.15) is 54.0 Å². The molecule has 6 nitrogen and oxygen atoms in total. The Morgan fingerprint density at radius 1 is 1.28 bits per heavy atom. The molecule has 2 heterocycles. The summed E-state index contributed by atoms with van der Waals surface area (Å²) in [6.45, 7) is 6.23. The van der Waals surface area contributed by atoms with E-state index in [0.29, 0.717) is 24.3 Å². The lowest BCUT2D eigenvalue weighted by molar-refractivity contribution is -0.150. The molecule has 1 aromatic carbocycles. The number of aromatic nitrogens is 2. The van der Waals surface area contributed by atoms with Crippen molar-refractivity contribution in [1.82, 2.24) is 14.7 Å². The predicted octanol–water partition coefficient (Wildman–Crippen LogP) is 3.38. The first-order chi connectivity index (χ1) is 13.7. The van der Waals surface area contributed by atoms with Crippen LogP contribution in [-0.4, -0.2) is 44.8 Å². The molecule has 7 heteroatoms. The second-order valence-corrected chi connectivity index (χ2v) is 8.59. The van der Waals surface area contributed by atoms with E-state index in [2.05, 4.69) is 5.10 Å². The fourth-order valence-corrected chi connectivity index (χ4v) is 4.64. The Morgan fingerprint density at radius 3 is 2.69 bits per heavy atom. The highest BCUT2D eigenvalue weighted by Crippen LogP contribution is 2.39. The Labute approximate surface area is 169 Å². The number of rotatable bonds is 4. The molecule has 0 bridgehead atoms. The van der Waals surface area contributed by atoms with Gasteiger partial charge in [-0.1, -0.05) is 19.9 Å². The van der Waals surface area contributed by atoms with Crippen LogP contribution in [0.3, 0.4) is 0 Å². The van der Waals surface area contributed by atoms with Crippen molar-refractivity contribution in [3.8, 4) is 5.69 Å². The van der Waals surface area contributed by atoms with Crippen LogP contribution in [0.5, 0.6) is 0 Å². The minimum Gasteiger partial charge on any atom is -0.481 e. The first-order valence-corrected chi connectivity index (χ1v) is 10.1. The Kier molecular flexibility index (Phi) is 4.71. The Balaban J connectivity index is 1.71. The number of carboxylic acids is 1. The molecule has 1 amide bonds. The van der Waals surface area contributed by atoms with E-state index in [1.54, 1.807) is 21.7 Å². The Hall–Kier alpha value is -2.70. The number of aliphatic carboxylic acids is 1. The minimum absolute atomic E-state index is 0.0811. The van der Waals surface area contributed by atoms with Gasteiger partial charge in [-0.2, -0.15) is 5.10 Å². The molecule has 0 saturated carbocycles. The number of nitrogens with zero attached hydrogens (tertiary/aromatic N) is 3. The fraction of sp³-hybridized carbons (Fsp3) is 0.500. The topological polar surface area (TPSA) is 75.4 Å². The average molecular weight is 399 g/mol. The van der Waals surface area contributed by atoms with Crippen molar-refractivity contribution in [1.29, 1.82) is 0 Å². The molecule has 154 valence electrons. The zero-order valence-electron chi connectivity index (χ0n) is 17.0. The number of halogens is 1. The molecule has 1 fully saturated rings. The van der Waals surface area contributed by atoms with E-state index in [1.165, 1.54) is 6.07 Å². The van der Waals surface area contributed by atoms with Crippen LogP contribution in [0, 0.1) is 24.1 Å². The molecule has 1 aromatic heterocycles. The number of carbonyl (C=O) groups excluding carboxylic acids is 1. The standard InChI is InChI=1S/C22H26FN3O3/c1-13(2)22(21(28)29)9-10-25(12-22)20(27)19-15-5-4-6-17(15)26(24-19)18-11-14(3)7-8-16(18)23/h7-8,11,13H,4-6,9-10,12H2,1-3H3,(H,28,29). The summed E-state index contributed by atoms with van der Waals surface area (Å²) >= 11 is 0. The van der Waals surface area contributed by atoms with Gasteiger partial charge in [-0.15, -0.1) is 0 Å². The normalized spacial score (nSPS) is 21.1. The molecular weight excluding hydrogens is 373 g/mol. The highest BCUT2D eigenvalue weighted by Gasteiger charge is 2.49.